The molecule has 23 heavy (non-hydrogen) atoms. The van der Waals surface area contributed by atoms with Crippen LogP contribution in [0.5, 0.6) is 0 Å². The van der Waals surface area contributed by atoms with Crippen molar-refractivity contribution in [3.63, 3.8) is 0 Å². The molecule has 3 amide bonds. The van der Waals surface area contributed by atoms with Crippen molar-refractivity contribution in [2.24, 2.45) is 5.92 Å². The van der Waals surface area contributed by atoms with Gasteiger partial charge in [0.25, 0.3) is 0 Å². The van der Waals surface area contributed by atoms with Gasteiger partial charge in [0.15, 0.2) is 0 Å². The maximum absolute atomic E-state index is 12.4. The SMILES string of the molecule is COC1CCC(NC(=O)N[C@H]2CC[C@@H](C(=O)N3CCCC3)C2)C1. The van der Waals surface area contributed by atoms with E-state index in [1.54, 1.807) is 7.11 Å². The molecule has 0 radical (unpaired) electrons. The molecule has 3 fully saturated rings. The van der Waals surface area contributed by atoms with Gasteiger partial charge in [-0.05, 0) is 51.4 Å². The van der Waals surface area contributed by atoms with E-state index >= 15 is 0 Å². The molecule has 2 N–H and O–H groups in total. The number of urea groups is 1. The van der Waals surface area contributed by atoms with Crippen molar-refractivity contribution < 1.29 is 14.3 Å². The van der Waals surface area contributed by atoms with Crippen molar-refractivity contribution in [2.75, 3.05) is 20.2 Å². The quantitative estimate of drug-likeness (QED) is 0.826. The van der Waals surface area contributed by atoms with E-state index in [-0.39, 0.29) is 30.1 Å². The van der Waals surface area contributed by atoms with Crippen LogP contribution in [0.4, 0.5) is 4.79 Å². The lowest BCUT2D eigenvalue weighted by molar-refractivity contribution is -0.134. The summed E-state index contributed by atoms with van der Waals surface area (Å²) in [7, 11) is 1.73. The molecule has 0 spiro atoms. The monoisotopic (exact) mass is 323 g/mol. The highest BCUT2D eigenvalue weighted by molar-refractivity contribution is 5.80. The first-order chi connectivity index (χ1) is 11.2. The molecule has 4 atom stereocenters. The molecule has 1 heterocycles. The first kappa shape index (κ1) is 16.6. The molecule has 0 aromatic carbocycles. The number of carbonyl (C=O) groups excluding carboxylic acids is 2. The number of hydrogen-bond acceptors (Lipinski definition) is 3. The minimum absolute atomic E-state index is 0.0916. The maximum Gasteiger partial charge on any atom is 0.315 e. The first-order valence-corrected chi connectivity index (χ1v) is 9.04. The van der Waals surface area contributed by atoms with Gasteiger partial charge in [-0.3, -0.25) is 4.79 Å². The second kappa shape index (κ2) is 7.51. The predicted molar refractivity (Wildman–Crippen MR) is 87.0 cm³/mol. The fraction of sp³-hybridized carbons (Fsp3) is 0.882. The minimum Gasteiger partial charge on any atom is -0.381 e. The van der Waals surface area contributed by atoms with Crippen molar-refractivity contribution in [3.8, 4) is 0 Å². The molecule has 0 aromatic rings. The third kappa shape index (κ3) is 4.16. The summed E-state index contributed by atoms with van der Waals surface area (Å²) in [6, 6.07) is 0.251. The summed E-state index contributed by atoms with van der Waals surface area (Å²) in [5, 5.41) is 6.10. The Morgan fingerprint density at radius 3 is 2.26 bits per heavy atom. The summed E-state index contributed by atoms with van der Waals surface area (Å²) in [6.07, 6.45) is 8.01. The average molecular weight is 323 g/mol. The van der Waals surface area contributed by atoms with Crippen LogP contribution in [0.1, 0.15) is 51.4 Å². The van der Waals surface area contributed by atoms with Crippen molar-refractivity contribution in [3.05, 3.63) is 0 Å². The standard InChI is InChI=1S/C17H29N3O3/c1-23-15-7-6-14(11-15)19-17(22)18-13-5-4-12(10-13)16(21)20-8-2-3-9-20/h12-15H,2-11H2,1H3,(H2,18,19,22)/t12-,13+,14?,15?/m1/s1. The van der Waals surface area contributed by atoms with Gasteiger partial charge in [-0.2, -0.15) is 0 Å². The first-order valence-electron chi connectivity index (χ1n) is 9.04. The van der Waals surface area contributed by atoms with Crippen LogP contribution >= 0.6 is 0 Å². The van der Waals surface area contributed by atoms with E-state index in [9.17, 15) is 9.59 Å². The van der Waals surface area contributed by atoms with E-state index in [0.717, 1.165) is 64.5 Å². The lowest BCUT2D eigenvalue weighted by atomic mass is 10.1. The summed E-state index contributed by atoms with van der Waals surface area (Å²) in [4.78, 5) is 26.5. The predicted octanol–water partition coefficient (Wildman–Crippen LogP) is 1.64. The van der Waals surface area contributed by atoms with E-state index < -0.39 is 0 Å². The van der Waals surface area contributed by atoms with Crippen molar-refractivity contribution in [1.29, 1.82) is 0 Å². The fourth-order valence-corrected chi connectivity index (χ4v) is 4.23. The second-order valence-corrected chi connectivity index (χ2v) is 7.22. The molecular formula is C17H29N3O3. The number of rotatable bonds is 4. The zero-order valence-corrected chi connectivity index (χ0v) is 14.1. The van der Waals surface area contributed by atoms with Gasteiger partial charge in [0, 0.05) is 38.2 Å². The third-order valence-electron chi connectivity index (χ3n) is 5.59. The van der Waals surface area contributed by atoms with Crippen LogP contribution in [0.15, 0.2) is 0 Å². The van der Waals surface area contributed by atoms with Gasteiger partial charge in [-0.25, -0.2) is 4.79 Å². The van der Waals surface area contributed by atoms with E-state index in [2.05, 4.69) is 10.6 Å². The fourth-order valence-electron chi connectivity index (χ4n) is 4.23. The molecule has 3 rings (SSSR count). The van der Waals surface area contributed by atoms with E-state index in [1.807, 2.05) is 4.90 Å². The molecule has 6 nitrogen and oxygen atoms in total. The molecule has 2 saturated carbocycles. The number of likely N-dealkylation sites (tertiary alicyclic amines) is 1. The largest absolute Gasteiger partial charge is 0.381 e. The van der Waals surface area contributed by atoms with Crippen LogP contribution in [0.25, 0.3) is 0 Å². The minimum atomic E-state index is -0.0916. The topological polar surface area (TPSA) is 70.7 Å². The zero-order valence-electron chi connectivity index (χ0n) is 14.1. The van der Waals surface area contributed by atoms with Crippen LogP contribution in [0, 0.1) is 5.92 Å². The van der Waals surface area contributed by atoms with Gasteiger partial charge < -0.3 is 20.3 Å². The number of nitrogens with zero attached hydrogens (tertiary/aromatic N) is 1. The van der Waals surface area contributed by atoms with Crippen LogP contribution in [0.2, 0.25) is 0 Å². The van der Waals surface area contributed by atoms with Gasteiger partial charge in [0.05, 0.1) is 6.10 Å². The highest BCUT2D eigenvalue weighted by Crippen LogP contribution is 2.28. The lowest BCUT2D eigenvalue weighted by Crippen LogP contribution is -2.45. The number of nitrogens with one attached hydrogen (secondary N) is 2. The smallest absolute Gasteiger partial charge is 0.315 e. The molecule has 1 saturated heterocycles. The Labute approximate surface area is 138 Å². The summed E-state index contributed by atoms with van der Waals surface area (Å²) in [6.45, 7) is 1.83. The number of methoxy groups -OCH3 is 1. The lowest BCUT2D eigenvalue weighted by Gasteiger charge is -2.20. The van der Waals surface area contributed by atoms with Gasteiger partial charge >= 0.3 is 6.03 Å². The summed E-state index contributed by atoms with van der Waals surface area (Å²) in [5.74, 6) is 0.397. The van der Waals surface area contributed by atoms with Gasteiger partial charge in [0.1, 0.15) is 0 Å². The van der Waals surface area contributed by atoms with Crippen molar-refractivity contribution in [2.45, 2.75) is 69.6 Å². The van der Waals surface area contributed by atoms with Crippen LogP contribution in [-0.2, 0) is 9.53 Å². The van der Waals surface area contributed by atoms with Gasteiger partial charge in [0.2, 0.25) is 5.91 Å². The van der Waals surface area contributed by atoms with Crippen LogP contribution in [0.3, 0.4) is 0 Å². The van der Waals surface area contributed by atoms with E-state index in [4.69, 9.17) is 4.74 Å². The molecule has 0 aromatic heterocycles. The summed E-state index contributed by atoms with van der Waals surface area (Å²) in [5.41, 5.74) is 0. The molecular weight excluding hydrogens is 294 g/mol. The average Bonchev–Trinajstić information content (AvgIpc) is 3.28. The molecule has 2 unspecified atom stereocenters. The third-order valence-corrected chi connectivity index (χ3v) is 5.59. The molecule has 2 aliphatic carbocycles. The Morgan fingerprint density at radius 2 is 1.61 bits per heavy atom. The van der Waals surface area contributed by atoms with Crippen molar-refractivity contribution in [1.82, 2.24) is 15.5 Å². The Hall–Kier alpha value is -1.30. The highest BCUT2D eigenvalue weighted by atomic mass is 16.5. The Bertz CT molecular complexity index is 437. The van der Waals surface area contributed by atoms with Gasteiger partial charge in [-0.1, -0.05) is 0 Å². The van der Waals surface area contributed by atoms with Crippen LogP contribution in [-0.4, -0.2) is 55.2 Å². The van der Waals surface area contributed by atoms with E-state index in [0.29, 0.717) is 5.91 Å². The molecule has 1 aliphatic heterocycles. The van der Waals surface area contributed by atoms with Gasteiger partial charge in [-0.15, -0.1) is 0 Å². The highest BCUT2D eigenvalue weighted by Gasteiger charge is 2.34. The summed E-state index contributed by atoms with van der Waals surface area (Å²) < 4.78 is 5.33. The second-order valence-electron chi connectivity index (χ2n) is 7.22. The van der Waals surface area contributed by atoms with Crippen LogP contribution < -0.4 is 10.6 Å². The number of ether oxygens (including phenoxy) is 1. The number of amides is 3. The Balaban J connectivity index is 1.39. The summed E-state index contributed by atoms with van der Waals surface area (Å²) >= 11 is 0. The normalized spacial score (nSPS) is 33.9. The Morgan fingerprint density at radius 1 is 0.957 bits per heavy atom. The van der Waals surface area contributed by atoms with E-state index in [1.165, 1.54) is 0 Å². The molecule has 6 heteroatoms. The zero-order chi connectivity index (χ0) is 16.2. The molecule has 130 valence electrons. The molecule has 3 aliphatic rings. The number of carbonyl (C=O) groups is 2. The number of hydrogen-bond donors (Lipinski definition) is 2. The Kier molecular flexibility index (Phi) is 5.41. The van der Waals surface area contributed by atoms with Crippen molar-refractivity contribution >= 4 is 11.9 Å². The molecule has 0 bridgehead atoms. The maximum atomic E-state index is 12.4.